The number of hydrogen-bond acceptors (Lipinski definition) is 4. The van der Waals surface area contributed by atoms with Gasteiger partial charge in [-0.25, -0.2) is 8.78 Å². The van der Waals surface area contributed by atoms with Crippen LogP contribution in [0.25, 0.3) is 0 Å². The second-order valence-electron chi connectivity index (χ2n) is 3.39. The molecule has 0 unspecified atom stereocenters. The monoisotopic (exact) mass is 274 g/mol. The van der Waals surface area contributed by atoms with Crippen LogP contribution in [0.5, 0.6) is 0 Å². The highest BCUT2D eigenvalue weighted by Crippen LogP contribution is 2.20. The number of ketones is 1. The van der Waals surface area contributed by atoms with Crippen molar-refractivity contribution in [2.75, 3.05) is 12.4 Å². The molecule has 0 aliphatic rings. The van der Waals surface area contributed by atoms with E-state index < -0.39 is 17.6 Å². The minimum absolute atomic E-state index is 0.0177. The number of ether oxygens (including phenoxy) is 1. The number of hydrogen-bond donors (Lipinski definition) is 0. The van der Waals surface area contributed by atoms with Crippen LogP contribution in [0.1, 0.15) is 13.3 Å². The zero-order valence-electron chi connectivity index (χ0n) is 9.74. The van der Waals surface area contributed by atoms with E-state index in [0.717, 1.165) is 23.9 Å². The third kappa shape index (κ3) is 4.83. The Bertz CT molecular complexity index is 449. The molecule has 0 bridgehead atoms. The van der Waals surface area contributed by atoms with Gasteiger partial charge in [0.25, 0.3) is 0 Å². The molecule has 0 aliphatic carbocycles. The topological polar surface area (TPSA) is 43.4 Å². The van der Waals surface area contributed by atoms with Gasteiger partial charge in [-0.1, -0.05) is 0 Å². The normalized spacial score (nSPS) is 10.2. The molecule has 6 heteroatoms. The molecule has 0 radical (unpaired) electrons. The largest absolute Gasteiger partial charge is 0.466 e. The van der Waals surface area contributed by atoms with E-state index in [4.69, 9.17) is 0 Å². The van der Waals surface area contributed by atoms with E-state index in [0.29, 0.717) is 4.90 Å². The summed E-state index contributed by atoms with van der Waals surface area (Å²) in [6.45, 7) is 1.88. The van der Waals surface area contributed by atoms with Gasteiger partial charge in [0.15, 0.2) is 17.4 Å². The molecule has 1 aromatic rings. The van der Waals surface area contributed by atoms with Crippen LogP contribution in [-0.2, 0) is 14.3 Å². The van der Waals surface area contributed by atoms with Crippen molar-refractivity contribution in [1.29, 1.82) is 0 Å². The lowest BCUT2D eigenvalue weighted by atomic mass is 10.3. The van der Waals surface area contributed by atoms with E-state index in [1.165, 1.54) is 6.07 Å². The smallest absolute Gasteiger partial charge is 0.313 e. The van der Waals surface area contributed by atoms with Crippen molar-refractivity contribution in [2.45, 2.75) is 18.2 Å². The highest BCUT2D eigenvalue weighted by atomic mass is 32.2. The van der Waals surface area contributed by atoms with Crippen molar-refractivity contribution in [3.63, 3.8) is 0 Å². The van der Waals surface area contributed by atoms with E-state index in [1.54, 1.807) is 6.92 Å². The highest BCUT2D eigenvalue weighted by Gasteiger charge is 2.11. The summed E-state index contributed by atoms with van der Waals surface area (Å²) >= 11 is 1.05. The van der Waals surface area contributed by atoms with Crippen molar-refractivity contribution in [3.8, 4) is 0 Å². The van der Waals surface area contributed by atoms with Crippen molar-refractivity contribution >= 4 is 23.5 Å². The van der Waals surface area contributed by atoms with Gasteiger partial charge in [0.05, 0.1) is 12.4 Å². The Morgan fingerprint density at radius 3 is 2.61 bits per heavy atom. The maximum absolute atomic E-state index is 12.9. The van der Waals surface area contributed by atoms with Crippen LogP contribution in [0.3, 0.4) is 0 Å². The van der Waals surface area contributed by atoms with Gasteiger partial charge in [-0.2, -0.15) is 0 Å². The number of Topliss-reactive ketones (excluding diaryl/α,β-unsaturated/α-hetero) is 1. The average Bonchev–Trinajstić information content (AvgIpc) is 2.31. The average molecular weight is 274 g/mol. The maximum atomic E-state index is 12.9. The van der Waals surface area contributed by atoms with Crippen LogP contribution < -0.4 is 0 Å². The molecular weight excluding hydrogens is 262 g/mol. The Labute approximate surface area is 108 Å². The number of esters is 1. The Balaban J connectivity index is 2.42. The predicted molar refractivity (Wildman–Crippen MR) is 63.3 cm³/mol. The molecule has 0 heterocycles. The summed E-state index contributed by atoms with van der Waals surface area (Å²) in [4.78, 5) is 22.8. The lowest BCUT2D eigenvalue weighted by Gasteiger charge is -2.02. The number of halogens is 2. The lowest BCUT2D eigenvalue weighted by molar-refractivity contribution is -0.145. The van der Waals surface area contributed by atoms with Crippen molar-refractivity contribution in [1.82, 2.24) is 0 Å². The number of carbonyl (C=O) groups is 2. The molecule has 0 aliphatic heterocycles. The van der Waals surface area contributed by atoms with Crippen molar-refractivity contribution in [3.05, 3.63) is 29.8 Å². The quantitative estimate of drug-likeness (QED) is 0.454. The molecule has 0 saturated heterocycles. The number of rotatable bonds is 6. The molecule has 98 valence electrons. The van der Waals surface area contributed by atoms with E-state index in [-0.39, 0.29) is 24.6 Å². The zero-order valence-corrected chi connectivity index (χ0v) is 10.6. The van der Waals surface area contributed by atoms with Gasteiger partial charge in [0.1, 0.15) is 6.42 Å². The second kappa shape index (κ2) is 7.10. The molecule has 0 N–H and O–H groups in total. The summed E-state index contributed by atoms with van der Waals surface area (Å²) < 4.78 is 30.1. The number of benzene rings is 1. The zero-order chi connectivity index (χ0) is 13.5. The summed E-state index contributed by atoms with van der Waals surface area (Å²) in [7, 11) is 0. The predicted octanol–water partition coefficient (Wildman–Crippen LogP) is 2.58. The van der Waals surface area contributed by atoms with Crippen molar-refractivity contribution in [2.24, 2.45) is 0 Å². The minimum Gasteiger partial charge on any atom is -0.466 e. The van der Waals surface area contributed by atoms with Gasteiger partial charge in [0.2, 0.25) is 0 Å². The Morgan fingerprint density at radius 1 is 1.28 bits per heavy atom. The molecule has 0 aromatic heterocycles. The lowest BCUT2D eigenvalue weighted by Crippen LogP contribution is -2.12. The second-order valence-corrected chi connectivity index (χ2v) is 4.43. The summed E-state index contributed by atoms with van der Waals surface area (Å²) in [6, 6.07) is 3.38. The minimum atomic E-state index is -0.960. The summed E-state index contributed by atoms with van der Waals surface area (Å²) in [5.41, 5.74) is 0. The summed E-state index contributed by atoms with van der Waals surface area (Å²) in [5.74, 6) is -2.77. The molecule has 18 heavy (non-hydrogen) atoms. The molecular formula is C12H12F2O3S. The summed E-state index contributed by atoms with van der Waals surface area (Å²) in [5, 5.41) is 0. The molecule has 0 amide bonds. The first-order valence-electron chi connectivity index (χ1n) is 5.28. The highest BCUT2D eigenvalue weighted by molar-refractivity contribution is 8.00. The Morgan fingerprint density at radius 2 is 2.00 bits per heavy atom. The van der Waals surface area contributed by atoms with Crippen LogP contribution in [0, 0.1) is 11.6 Å². The van der Waals surface area contributed by atoms with Gasteiger partial charge in [-0.3, -0.25) is 9.59 Å². The van der Waals surface area contributed by atoms with Crippen LogP contribution in [0.4, 0.5) is 8.78 Å². The van der Waals surface area contributed by atoms with E-state index >= 15 is 0 Å². The SMILES string of the molecule is CCOC(=O)CC(=O)CSc1ccc(F)c(F)c1. The van der Waals surface area contributed by atoms with Crippen molar-refractivity contribution < 1.29 is 23.1 Å². The van der Waals surface area contributed by atoms with Gasteiger partial charge < -0.3 is 4.74 Å². The molecule has 0 fully saturated rings. The van der Waals surface area contributed by atoms with Gasteiger partial charge in [-0.05, 0) is 25.1 Å². The van der Waals surface area contributed by atoms with Crippen LogP contribution in [0.2, 0.25) is 0 Å². The van der Waals surface area contributed by atoms with Crippen LogP contribution in [-0.4, -0.2) is 24.1 Å². The first-order chi connectivity index (χ1) is 8.52. The third-order valence-electron chi connectivity index (χ3n) is 1.94. The first kappa shape index (κ1) is 14.6. The molecule has 0 saturated carbocycles. The number of thioether (sulfide) groups is 1. The molecule has 0 atom stereocenters. The molecule has 0 spiro atoms. The third-order valence-corrected chi connectivity index (χ3v) is 2.99. The molecule has 3 nitrogen and oxygen atoms in total. The Kier molecular flexibility index (Phi) is 5.77. The number of carbonyl (C=O) groups excluding carboxylic acids is 2. The van der Waals surface area contributed by atoms with Gasteiger partial charge in [-0.15, -0.1) is 11.8 Å². The van der Waals surface area contributed by atoms with E-state index in [1.807, 2.05) is 0 Å². The fraction of sp³-hybridized carbons (Fsp3) is 0.333. The maximum Gasteiger partial charge on any atom is 0.313 e. The fourth-order valence-electron chi connectivity index (χ4n) is 1.15. The van der Waals surface area contributed by atoms with Crippen LogP contribution in [0.15, 0.2) is 23.1 Å². The Hall–Kier alpha value is -1.43. The first-order valence-corrected chi connectivity index (χ1v) is 6.26. The standard InChI is InChI=1S/C12H12F2O3S/c1-2-17-12(16)5-8(15)7-18-9-3-4-10(13)11(14)6-9/h3-4,6H,2,5,7H2,1H3. The molecule has 1 aromatic carbocycles. The van der Waals surface area contributed by atoms with Gasteiger partial charge in [0, 0.05) is 4.90 Å². The summed E-state index contributed by atoms with van der Waals surface area (Å²) in [6.07, 6.45) is -0.301. The van der Waals surface area contributed by atoms with E-state index in [2.05, 4.69) is 4.74 Å². The van der Waals surface area contributed by atoms with Crippen LogP contribution >= 0.6 is 11.8 Å². The van der Waals surface area contributed by atoms with Gasteiger partial charge >= 0.3 is 5.97 Å². The fourth-order valence-corrected chi connectivity index (χ4v) is 1.94. The van der Waals surface area contributed by atoms with E-state index in [9.17, 15) is 18.4 Å². The molecule has 1 rings (SSSR count).